The number of carbonyl (C=O) groups is 1. The van der Waals surface area contributed by atoms with Crippen LogP contribution >= 0.6 is 11.6 Å². The van der Waals surface area contributed by atoms with Crippen molar-refractivity contribution in [2.45, 2.75) is 51.3 Å². The lowest BCUT2D eigenvalue weighted by molar-refractivity contribution is 0.0901. The van der Waals surface area contributed by atoms with Gasteiger partial charge in [-0.15, -0.1) is 0 Å². The van der Waals surface area contributed by atoms with Crippen molar-refractivity contribution in [1.29, 1.82) is 0 Å². The van der Waals surface area contributed by atoms with Crippen LogP contribution in [0.15, 0.2) is 53.5 Å². The van der Waals surface area contributed by atoms with E-state index in [-0.39, 0.29) is 39.0 Å². The van der Waals surface area contributed by atoms with Gasteiger partial charge in [-0.05, 0) is 67.3 Å². The number of hydrogen-bond acceptors (Lipinski definition) is 7. The van der Waals surface area contributed by atoms with Gasteiger partial charge in [-0.25, -0.2) is 18.4 Å². The summed E-state index contributed by atoms with van der Waals surface area (Å²) >= 11 is 6.83. The van der Waals surface area contributed by atoms with Gasteiger partial charge in [-0.2, -0.15) is 5.10 Å². The number of aliphatic hydroxyl groups is 1. The molecule has 0 radical (unpaired) electrons. The second-order valence-electron chi connectivity index (χ2n) is 10.8. The SMILES string of the molecule is COc1nc(-c2cc(F)cc(-c3cc(F)cc(NC(=O)c4ccnn(C)c4=O)c3C)c2Cl)ccc1CNC1CCCCC1O. The third-order valence-corrected chi connectivity index (χ3v) is 8.30. The van der Waals surface area contributed by atoms with Gasteiger partial charge in [0.25, 0.3) is 11.5 Å². The number of nitrogens with zero attached hydrogens (tertiary/aromatic N) is 3. The number of methoxy groups -OCH3 is 1. The number of rotatable bonds is 8. The molecule has 2 atom stereocenters. The van der Waals surface area contributed by atoms with Crippen LogP contribution in [-0.2, 0) is 13.6 Å². The minimum absolute atomic E-state index is 0.0207. The van der Waals surface area contributed by atoms with Crippen molar-refractivity contribution in [3.8, 4) is 28.3 Å². The van der Waals surface area contributed by atoms with E-state index in [1.54, 1.807) is 19.1 Å². The Kier molecular flexibility index (Phi) is 9.38. The number of hydrogen-bond donors (Lipinski definition) is 3. The number of nitrogens with one attached hydrogen (secondary N) is 2. The number of pyridine rings is 1. The molecule has 0 aliphatic heterocycles. The summed E-state index contributed by atoms with van der Waals surface area (Å²) in [5, 5.41) is 20.2. The highest BCUT2D eigenvalue weighted by Crippen LogP contribution is 2.40. The van der Waals surface area contributed by atoms with E-state index in [0.717, 1.165) is 42.0 Å². The minimum Gasteiger partial charge on any atom is -0.481 e. The maximum atomic E-state index is 15.1. The van der Waals surface area contributed by atoms with Crippen LogP contribution in [0.3, 0.4) is 0 Å². The summed E-state index contributed by atoms with van der Waals surface area (Å²) in [6.07, 6.45) is 4.59. The van der Waals surface area contributed by atoms with E-state index < -0.39 is 29.2 Å². The quantitative estimate of drug-likeness (QED) is 0.240. The highest BCUT2D eigenvalue weighted by atomic mass is 35.5. The number of carbonyl (C=O) groups excluding carboxylic acids is 1. The predicted molar refractivity (Wildman–Crippen MR) is 164 cm³/mol. The van der Waals surface area contributed by atoms with E-state index >= 15 is 4.39 Å². The molecule has 9 nitrogen and oxygen atoms in total. The van der Waals surface area contributed by atoms with Gasteiger partial charge in [0.05, 0.1) is 23.9 Å². The molecular formula is C32H32ClF2N5O4. The average molecular weight is 624 g/mol. The zero-order chi connectivity index (χ0) is 31.5. The summed E-state index contributed by atoms with van der Waals surface area (Å²) < 4.78 is 36.5. The molecule has 44 heavy (non-hydrogen) atoms. The van der Waals surface area contributed by atoms with Crippen molar-refractivity contribution in [2.75, 3.05) is 12.4 Å². The van der Waals surface area contributed by atoms with Gasteiger partial charge < -0.3 is 20.5 Å². The first-order chi connectivity index (χ1) is 21.1. The molecule has 1 fully saturated rings. The second-order valence-corrected chi connectivity index (χ2v) is 11.2. The number of anilines is 1. The van der Waals surface area contributed by atoms with Gasteiger partial charge in [0.15, 0.2) is 0 Å². The number of aliphatic hydroxyl groups excluding tert-OH is 1. The van der Waals surface area contributed by atoms with E-state index in [9.17, 15) is 19.1 Å². The third-order valence-electron chi connectivity index (χ3n) is 7.89. The van der Waals surface area contributed by atoms with Crippen molar-refractivity contribution in [1.82, 2.24) is 20.1 Å². The Morgan fingerprint density at radius 3 is 2.55 bits per heavy atom. The van der Waals surface area contributed by atoms with E-state index in [1.165, 1.54) is 44.6 Å². The molecule has 2 aromatic heterocycles. The number of ether oxygens (including phenoxy) is 1. The van der Waals surface area contributed by atoms with Crippen LogP contribution in [0.2, 0.25) is 5.02 Å². The molecule has 230 valence electrons. The molecule has 1 aliphatic rings. The Balaban J connectivity index is 1.48. The van der Waals surface area contributed by atoms with Gasteiger partial charge in [0.1, 0.15) is 17.2 Å². The molecule has 1 saturated carbocycles. The van der Waals surface area contributed by atoms with Gasteiger partial charge in [-0.3, -0.25) is 9.59 Å². The summed E-state index contributed by atoms with van der Waals surface area (Å²) in [7, 11) is 2.89. The van der Waals surface area contributed by atoms with Crippen LogP contribution in [0, 0.1) is 18.6 Å². The normalized spacial score (nSPS) is 16.5. The molecule has 4 aromatic rings. The molecule has 2 heterocycles. The summed E-state index contributed by atoms with van der Waals surface area (Å²) in [6.45, 7) is 2.05. The first kappa shape index (κ1) is 31.2. The zero-order valence-corrected chi connectivity index (χ0v) is 25.2. The minimum atomic E-state index is -0.748. The number of amides is 1. The van der Waals surface area contributed by atoms with Crippen molar-refractivity contribution < 1.29 is 23.4 Å². The van der Waals surface area contributed by atoms with Crippen LogP contribution in [0.4, 0.5) is 14.5 Å². The van der Waals surface area contributed by atoms with Crippen LogP contribution in [-0.4, -0.2) is 45.0 Å². The fourth-order valence-corrected chi connectivity index (χ4v) is 5.76. The van der Waals surface area contributed by atoms with Gasteiger partial charge in [0.2, 0.25) is 5.88 Å². The first-order valence-corrected chi connectivity index (χ1v) is 14.5. The maximum absolute atomic E-state index is 15.1. The summed E-state index contributed by atoms with van der Waals surface area (Å²) in [6, 6.07) is 9.47. The molecule has 3 N–H and O–H groups in total. The largest absolute Gasteiger partial charge is 0.481 e. The summed E-state index contributed by atoms with van der Waals surface area (Å²) in [5.74, 6) is -1.77. The van der Waals surface area contributed by atoms with Crippen molar-refractivity contribution >= 4 is 23.2 Å². The van der Waals surface area contributed by atoms with E-state index in [1.807, 2.05) is 0 Å². The van der Waals surface area contributed by atoms with Gasteiger partial charge >= 0.3 is 0 Å². The molecule has 1 aliphatic carbocycles. The first-order valence-electron chi connectivity index (χ1n) is 14.2. The fourth-order valence-electron chi connectivity index (χ4n) is 5.45. The van der Waals surface area contributed by atoms with Crippen LogP contribution < -0.4 is 20.9 Å². The Morgan fingerprint density at radius 1 is 1.09 bits per heavy atom. The van der Waals surface area contributed by atoms with Crippen LogP contribution in [0.5, 0.6) is 5.88 Å². The number of aryl methyl sites for hydroxylation is 1. The fraction of sp³-hybridized carbons (Fsp3) is 0.312. The summed E-state index contributed by atoms with van der Waals surface area (Å²) in [5.41, 5.74) is 1.49. The Morgan fingerprint density at radius 2 is 1.80 bits per heavy atom. The molecular weight excluding hydrogens is 592 g/mol. The highest BCUT2D eigenvalue weighted by molar-refractivity contribution is 6.36. The van der Waals surface area contributed by atoms with Crippen LogP contribution in [0.1, 0.15) is 47.2 Å². The zero-order valence-electron chi connectivity index (χ0n) is 24.5. The lowest BCUT2D eigenvalue weighted by Gasteiger charge is -2.28. The Bertz CT molecular complexity index is 1780. The molecule has 5 rings (SSSR count). The number of benzene rings is 2. The molecule has 12 heteroatoms. The monoisotopic (exact) mass is 623 g/mol. The standard InChI is InChI=1S/C32H32ClF2N5O4/c1-17-22(12-20(35)15-27(17)38-30(42)21-10-11-37-40(2)32(21)43)23-13-19(34)14-24(29(23)33)25-9-8-18(31(39-25)44-3)16-36-26-6-4-5-7-28(26)41/h8-15,26,28,36,41H,4-7,16H2,1-3H3,(H,38,42). The lowest BCUT2D eigenvalue weighted by Crippen LogP contribution is -2.41. The topological polar surface area (TPSA) is 118 Å². The lowest BCUT2D eigenvalue weighted by atomic mass is 9.92. The molecule has 0 spiro atoms. The smallest absolute Gasteiger partial charge is 0.279 e. The van der Waals surface area contributed by atoms with Crippen molar-refractivity contribution in [2.24, 2.45) is 7.05 Å². The average Bonchev–Trinajstić information content (AvgIpc) is 3.00. The molecule has 2 unspecified atom stereocenters. The molecule has 2 aromatic carbocycles. The van der Waals surface area contributed by atoms with E-state index in [2.05, 4.69) is 20.7 Å². The molecule has 0 bridgehead atoms. The molecule has 0 saturated heterocycles. The maximum Gasteiger partial charge on any atom is 0.279 e. The summed E-state index contributed by atoms with van der Waals surface area (Å²) in [4.78, 5) is 29.8. The van der Waals surface area contributed by atoms with Gasteiger partial charge in [-0.1, -0.05) is 30.5 Å². The van der Waals surface area contributed by atoms with E-state index in [0.29, 0.717) is 23.7 Å². The predicted octanol–water partition coefficient (Wildman–Crippen LogP) is 5.40. The Hall–Kier alpha value is -4.19. The van der Waals surface area contributed by atoms with E-state index in [4.69, 9.17) is 16.3 Å². The second kappa shape index (κ2) is 13.2. The Labute approximate surface area is 257 Å². The number of halogens is 3. The highest BCUT2D eigenvalue weighted by Gasteiger charge is 2.24. The van der Waals surface area contributed by atoms with Crippen LogP contribution in [0.25, 0.3) is 22.4 Å². The van der Waals surface area contributed by atoms with Crippen molar-refractivity contribution in [3.63, 3.8) is 0 Å². The van der Waals surface area contributed by atoms with Gasteiger partial charge in [0, 0.05) is 48.2 Å². The number of aromatic nitrogens is 3. The third kappa shape index (κ3) is 6.50. The molecule has 1 amide bonds. The van der Waals surface area contributed by atoms with Crippen molar-refractivity contribution in [3.05, 3.63) is 92.4 Å².